The van der Waals surface area contributed by atoms with Gasteiger partial charge in [0.1, 0.15) is 0 Å². The third kappa shape index (κ3) is 2.43. The molecule has 1 N–H and O–H groups in total. The maximum absolute atomic E-state index is 4.58. The van der Waals surface area contributed by atoms with Crippen molar-refractivity contribution in [1.29, 1.82) is 0 Å². The molecule has 0 aliphatic carbocycles. The summed E-state index contributed by atoms with van der Waals surface area (Å²) in [5, 5.41) is 1.20. The molecule has 19 heavy (non-hydrogen) atoms. The average Bonchev–Trinajstić information content (AvgIpc) is 2.78. The Morgan fingerprint density at radius 3 is 2.53 bits per heavy atom. The van der Waals surface area contributed by atoms with E-state index in [1.165, 1.54) is 16.5 Å². The summed E-state index contributed by atoms with van der Waals surface area (Å²) in [4.78, 5) is 7.83. The maximum Gasteiger partial charge on any atom is 0.0635 e. The van der Waals surface area contributed by atoms with Gasteiger partial charge in [-0.05, 0) is 43.2 Å². The molecule has 0 amide bonds. The molecular weight excluding hydrogens is 232 g/mol. The third-order valence-electron chi connectivity index (χ3n) is 3.18. The molecule has 0 unspecified atom stereocenters. The van der Waals surface area contributed by atoms with E-state index in [0.717, 1.165) is 16.8 Å². The molecule has 94 valence electrons. The van der Waals surface area contributed by atoms with E-state index in [4.69, 9.17) is 0 Å². The molecule has 0 fully saturated rings. The zero-order valence-electron chi connectivity index (χ0n) is 11.1. The summed E-state index contributed by atoms with van der Waals surface area (Å²) in [7, 11) is 0. The van der Waals surface area contributed by atoms with Crippen LogP contribution in [0.4, 0.5) is 5.69 Å². The van der Waals surface area contributed by atoms with Crippen molar-refractivity contribution in [2.75, 3.05) is 0 Å². The van der Waals surface area contributed by atoms with Crippen molar-refractivity contribution in [1.82, 2.24) is 4.98 Å². The lowest BCUT2D eigenvalue weighted by Crippen LogP contribution is -1.79. The van der Waals surface area contributed by atoms with Crippen LogP contribution in [0, 0.1) is 13.8 Å². The highest BCUT2D eigenvalue weighted by Gasteiger charge is 1.99. The van der Waals surface area contributed by atoms with E-state index < -0.39 is 0 Å². The van der Waals surface area contributed by atoms with Gasteiger partial charge in [0.05, 0.1) is 5.69 Å². The number of aliphatic imine (C=N–C) groups is 1. The van der Waals surface area contributed by atoms with Gasteiger partial charge in [-0.2, -0.15) is 0 Å². The first-order valence-electron chi connectivity index (χ1n) is 6.41. The van der Waals surface area contributed by atoms with Crippen LogP contribution < -0.4 is 0 Å². The van der Waals surface area contributed by atoms with E-state index in [1.807, 2.05) is 24.5 Å². The number of hydrogen-bond donors (Lipinski definition) is 1. The molecule has 3 rings (SSSR count). The van der Waals surface area contributed by atoms with Crippen LogP contribution in [-0.4, -0.2) is 11.2 Å². The fourth-order valence-corrected chi connectivity index (χ4v) is 2.37. The molecule has 2 nitrogen and oxygen atoms in total. The standard InChI is InChI=1S/C17H16N2/c1-12-7-13(2)9-15(8-12)18-10-14-11-19-17-6-4-3-5-16(14)17/h3-11,19H,1-2H3. The molecule has 1 aromatic heterocycles. The van der Waals surface area contributed by atoms with Crippen molar-refractivity contribution < 1.29 is 0 Å². The molecular formula is C17H16N2. The van der Waals surface area contributed by atoms with Crippen molar-refractivity contribution in [2.45, 2.75) is 13.8 Å². The lowest BCUT2D eigenvalue weighted by Gasteiger charge is -1.99. The van der Waals surface area contributed by atoms with Crippen LogP contribution in [0.1, 0.15) is 16.7 Å². The van der Waals surface area contributed by atoms with Crippen molar-refractivity contribution in [3.63, 3.8) is 0 Å². The van der Waals surface area contributed by atoms with E-state index in [9.17, 15) is 0 Å². The smallest absolute Gasteiger partial charge is 0.0635 e. The number of hydrogen-bond acceptors (Lipinski definition) is 1. The van der Waals surface area contributed by atoms with Gasteiger partial charge in [0, 0.05) is 28.9 Å². The predicted molar refractivity (Wildman–Crippen MR) is 81.5 cm³/mol. The second-order valence-electron chi connectivity index (χ2n) is 4.89. The summed E-state index contributed by atoms with van der Waals surface area (Å²) in [5.74, 6) is 0. The Labute approximate surface area is 112 Å². The zero-order chi connectivity index (χ0) is 13.2. The summed E-state index contributed by atoms with van der Waals surface area (Å²) in [6, 6.07) is 14.6. The first-order valence-corrected chi connectivity index (χ1v) is 6.41. The zero-order valence-corrected chi connectivity index (χ0v) is 11.1. The summed E-state index contributed by atoms with van der Waals surface area (Å²) in [6.45, 7) is 4.19. The minimum absolute atomic E-state index is 1.00. The Morgan fingerprint density at radius 1 is 1.00 bits per heavy atom. The Hall–Kier alpha value is -2.35. The lowest BCUT2D eigenvalue weighted by atomic mass is 10.1. The largest absolute Gasteiger partial charge is 0.361 e. The van der Waals surface area contributed by atoms with Gasteiger partial charge in [-0.25, -0.2) is 0 Å². The number of H-pyrrole nitrogens is 1. The lowest BCUT2D eigenvalue weighted by molar-refractivity contribution is 1.36. The monoisotopic (exact) mass is 248 g/mol. The highest BCUT2D eigenvalue weighted by Crippen LogP contribution is 2.19. The van der Waals surface area contributed by atoms with Crippen molar-refractivity contribution in [3.05, 3.63) is 65.4 Å². The molecule has 0 saturated heterocycles. The number of benzene rings is 2. The molecule has 0 atom stereocenters. The van der Waals surface area contributed by atoms with Crippen LogP contribution in [0.3, 0.4) is 0 Å². The molecule has 0 spiro atoms. The number of para-hydroxylation sites is 1. The van der Waals surface area contributed by atoms with Crippen LogP contribution in [0.25, 0.3) is 10.9 Å². The predicted octanol–water partition coefficient (Wildman–Crippen LogP) is 4.54. The van der Waals surface area contributed by atoms with Gasteiger partial charge < -0.3 is 4.98 Å². The quantitative estimate of drug-likeness (QED) is 0.645. The maximum atomic E-state index is 4.58. The van der Waals surface area contributed by atoms with Crippen molar-refractivity contribution >= 4 is 22.8 Å². The molecule has 1 heterocycles. The number of nitrogens with zero attached hydrogens (tertiary/aromatic N) is 1. The molecule has 0 radical (unpaired) electrons. The number of aryl methyl sites for hydroxylation is 2. The number of aromatic amines is 1. The normalized spacial score (nSPS) is 11.5. The van der Waals surface area contributed by atoms with E-state index in [-0.39, 0.29) is 0 Å². The van der Waals surface area contributed by atoms with Gasteiger partial charge in [-0.3, -0.25) is 4.99 Å². The van der Waals surface area contributed by atoms with E-state index in [1.54, 1.807) is 0 Å². The van der Waals surface area contributed by atoms with Crippen molar-refractivity contribution in [3.8, 4) is 0 Å². The Bertz CT molecular complexity index is 731. The van der Waals surface area contributed by atoms with Crippen LogP contribution >= 0.6 is 0 Å². The van der Waals surface area contributed by atoms with E-state index >= 15 is 0 Å². The van der Waals surface area contributed by atoms with Gasteiger partial charge >= 0.3 is 0 Å². The van der Waals surface area contributed by atoms with Crippen LogP contribution in [0.2, 0.25) is 0 Å². The molecule has 0 aliphatic rings. The second-order valence-corrected chi connectivity index (χ2v) is 4.89. The molecule has 0 saturated carbocycles. The van der Waals surface area contributed by atoms with Gasteiger partial charge in [-0.15, -0.1) is 0 Å². The highest BCUT2D eigenvalue weighted by atomic mass is 14.7. The highest BCUT2D eigenvalue weighted by molar-refractivity contribution is 5.99. The number of rotatable bonds is 2. The average molecular weight is 248 g/mol. The van der Waals surface area contributed by atoms with Crippen LogP contribution in [0.5, 0.6) is 0 Å². The van der Waals surface area contributed by atoms with Gasteiger partial charge in [0.2, 0.25) is 0 Å². The summed E-state index contributed by atoms with van der Waals surface area (Å²) in [6.07, 6.45) is 3.92. The molecule has 2 heteroatoms. The van der Waals surface area contributed by atoms with E-state index in [2.05, 4.69) is 54.2 Å². The summed E-state index contributed by atoms with van der Waals surface area (Å²) in [5.41, 5.74) is 5.75. The molecule has 0 aliphatic heterocycles. The number of nitrogens with one attached hydrogen (secondary N) is 1. The van der Waals surface area contributed by atoms with Crippen LogP contribution in [-0.2, 0) is 0 Å². The fourth-order valence-electron chi connectivity index (χ4n) is 2.37. The van der Waals surface area contributed by atoms with Crippen LogP contribution in [0.15, 0.2) is 53.7 Å². The Morgan fingerprint density at radius 2 is 1.74 bits per heavy atom. The van der Waals surface area contributed by atoms with Gasteiger partial charge in [-0.1, -0.05) is 24.3 Å². The minimum atomic E-state index is 1.00. The van der Waals surface area contributed by atoms with Gasteiger partial charge in [0.15, 0.2) is 0 Å². The molecule has 2 aromatic carbocycles. The van der Waals surface area contributed by atoms with Crippen molar-refractivity contribution in [2.24, 2.45) is 4.99 Å². The Kier molecular flexibility index (Phi) is 2.92. The number of aromatic nitrogens is 1. The topological polar surface area (TPSA) is 28.1 Å². The molecule has 0 bridgehead atoms. The fraction of sp³-hybridized carbons (Fsp3) is 0.118. The van der Waals surface area contributed by atoms with Gasteiger partial charge in [0.25, 0.3) is 0 Å². The van der Waals surface area contributed by atoms with E-state index in [0.29, 0.717) is 0 Å². The summed E-state index contributed by atoms with van der Waals surface area (Å²) < 4.78 is 0. The summed E-state index contributed by atoms with van der Waals surface area (Å²) >= 11 is 0. The Balaban J connectivity index is 1.98. The SMILES string of the molecule is Cc1cc(C)cc(N=Cc2c[nH]c3ccccc23)c1. The number of fused-ring (bicyclic) bond motifs is 1. The first-order chi connectivity index (χ1) is 9.22. The third-order valence-corrected chi connectivity index (χ3v) is 3.18. The minimum Gasteiger partial charge on any atom is -0.361 e. The molecule has 3 aromatic rings. The second kappa shape index (κ2) is 4.73. The first kappa shape index (κ1) is 11.7.